The van der Waals surface area contributed by atoms with Gasteiger partial charge in [-0.3, -0.25) is 0 Å². The van der Waals surface area contributed by atoms with Crippen molar-refractivity contribution in [3.05, 3.63) is 64.7 Å². The molecule has 0 aliphatic rings. The van der Waals surface area contributed by atoms with Gasteiger partial charge in [0.1, 0.15) is 0 Å². The van der Waals surface area contributed by atoms with E-state index in [-0.39, 0.29) is 43.1 Å². The Bertz CT molecular complexity index is 964. The molecule has 2 aromatic carbocycles. The average Bonchev–Trinajstić information content (AvgIpc) is 2.72. The van der Waals surface area contributed by atoms with E-state index in [1.54, 1.807) is 0 Å². The number of hydrogen-bond acceptors (Lipinski definition) is 2. The van der Waals surface area contributed by atoms with Gasteiger partial charge in [-0.15, -0.1) is 0 Å². The van der Waals surface area contributed by atoms with E-state index in [4.69, 9.17) is 4.74 Å². The SMILES string of the molecule is CCOC(=O)C(C)(C)[C@@H](C[Se]c1c(C(C)(C)C)cc(C(C)(C)C)cc1C(C)(C)C)c1ccccc1. The first kappa shape index (κ1) is 29.7. The maximum absolute atomic E-state index is 13.1. The number of rotatable bonds is 7. The summed E-state index contributed by atoms with van der Waals surface area (Å²) in [5.41, 5.74) is 5.09. The Morgan fingerprint density at radius 2 is 1.29 bits per heavy atom. The van der Waals surface area contributed by atoms with Gasteiger partial charge < -0.3 is 0 Å². The number of carbonyl (C=O) groups is 1. The predicted molar refractivity (Wildman–Crippen MR) is 152 cm³/mol. The van der Waals surface area contributed by atoms with Crippen LogP contribution in [0.1, 0.15) is 111 Å². The fraction of sp³-hybridized carbons (Fsp3) is 0.594. The summed E-state index contributed by atoms with van der Waals surface area (Å²) < 4.78 is 7.04. The molecule has 0 amide bonds. The van der Waals surface area contributed by atoms with E-state index in [0.29, 0.717) is 6.61 Å². The van der Waals surface area contributed by atoms with Crippen molar-refractivity contribution in [2.45, 2.75) is 111 Å². The zero-order valence-electron chi connectivity index (χ0n) is 24.3. The Morgan fingerprint density at radius 1 is 0.800 bits per heavy atom. The third-order valence-electron chi connectivity index (χ3n) is 6.84. The summed E-state index contributed by atoms with van der Waals surface area (Å²) in [6.45, 7) is 27.3. The third kappa shape index (κ3) is 7.23. The molecular formula is C32H48O2Se. The molecular weight excluding hydrogens is 495 g/mol. The van der Waals surface area contributed by atoms with Crippen LogP contribution in [0.3, 0.4) is 0 Å². The quantitative estimate of drug-likeness (QED) is 0.264. The van der Waals surface area contributed by atoms with Crippen molar-refractivity contribution in [1.82, 2.24) is 0 Å². The Labute approximate surface area is 221 Å². The van der Waals surface area contributed by atoms with E-state index in [0.717, 1.165) is 5.32 Å². The van der Waals surface area contributed by atoms with Crippen LogP contribution in [0.25, 0.3) is 0 Å². The molecule has 3 heteroatoms. The van der Waals surface area contributed by atoms with Crippen molar-refractivity contribution < 1.29 is 9.53 Å². The number of ether oxygens (including phenoxy) is 1. The molecule has 0 aromatic heterocycles. The van der Waals surface area contributed by atoms with Crippen molar-refractivity contribution in [2.75, 3.05) is 6.61 Å². The van der Waals surface area contributed by atoms with Gasteiger partial charge in [0, 0.05) is 0 Å². The van der Waals surface area contributed by atoms with Gasteiger partial charge in [0.25, 0.3) is 0 Å². The second kappa shape index (κ2) is 10.8. The second-order valence-electron chi connectivity index (χ2n) is 13.4. The van der Waals surface area contributed by atoms with Crippen LogP contribution in [-0.2, 0) is 25.8 Å². The monoisotopic (exact) mass is 544 g/mol. The number of hydrogen-bond donors (Lipinski definition) is 0. The van der Waals surface area contributed by atoms with Crippen molar-refractivity contribution in [3.8, 4) is 0 Å². The predicted octanol–water partition coefficient (Wildman–Crippen LogP) is 7.70. The Balaban J connectivity index is 2.67. The van der Waals surface area contributed by atoms with Gasteiger partial charge in [-0.05, 0) is 0 Å². The summed E-state index contributed by atoms with van der Waals surface area (Å²) in [6, 6.07) is 15.5. The molecule has 0 radical (unpaired) electrons. The van der Waals surface area contributed by atoms with Crippen molar-refractivity contribution in [2.24, 2.45) is 5.41 Å². The van der Waals surface area contributed by atoms with Crippen LogP contribution in [0, 0.1) is 5.41 Å². The second-order valence-corrected chi connectivity index (χ2v) is 15.5. The first-order valence-electron chi connectivity index (χ1n) is 12.9. The molecule has 35 heavy (non-hydrogen) atoms. The maximum atomic E-state index is 13.1. The molecule has 2 nitrogen and oxygen atoms in total. The Morgan fingerprint density at radius 3 is 1.69 bits per heavy atom. The molecule has 1 atom stereocenters. The molecule has 0 spiro atoms. The van der Waals surface area contributed by atoms with Crippen molar-refractivity contribution in [1.29, 1.82) is 0 Å². The summed E-state index contributed by atoms with van der Waals surface area (Å²) in [7, 11) is 0. The van der Waals surface area contributed by atoms with Gasteiger partial charge >= 0.3 is 222 Å². The van der Waals surface area contributed by atoms with Crippen molar-refractivity contribution in [3.63, 3.8) is 0 Å². The number of esters is 1. The zero-order chi connectivity index (χ0) is 26.8. The van der Waals surface area contributed by atoms with Crippen LogP contribution in [0.15, 0.2) is 42.5 Å². The van der Waals surface area contributed by atoms with Crippen molar-refractivity contribution >= 4 is 25.4 Å². The van der Waals surface area contributed by atoms with E-state index >= 15 is 0 Å². The fourth-order valence-corrected chi connectivity index (χ4v) is 8.53. The first-order valence-corrected chi connectivity index (χ1v) is 15.0. The van der Waals surface area contributed by atoms with Gasteiger partial charge in [0.15, 0.2) is 0 Å². The van der Waals surface area contributed by atoms with Crippen LogP contribution in [0.4, 0.5) is 0 Å². The molecule has 0 aliphatic carbocycles. The molecule has 0 fully saturated rings. The average molecular weight is 544 g/mol. The molecule has 0 heterocycles. The van der Waals surface area contributed by atoms with Gasteiger partial charge in [-0.25, -0.2) is 0 Å². The summed E-state index contributed by atoms with van der Waals surface area (Å²) in [4.78, 5) is 13.1. The van der Waals surface area contributed by atoms with Gasteiger partial charge in [0.2, 0.25) is 0 Å². The minimum atomic E-state index is -0.603. The summed E-state index contributed by atoms with van der Waals surface area (Å²) in [5.74, 6) is -0.0227. The molecule has 0 saturated heterocycles. The van der Waals surface area contributed by atoms with Crippen LogP contribution in [-0.4, -0.2) is 27.5 Å². The minimum absolute atomic E-state index is 0.0389. The first-order chi connectivity index (χ1) is 15.9. The molecule has 0 bridgehead atoms. The number of carbonyl (C=O) groups excluding carboxylic acids is 1. The summed E-state index contributed by atoms with van der Waals surface area (Å²) in [5, 5.41) is 0.948. The fourth-order valence-electron chi connectivity index (χ4n) is 4.36. The van der Waals surface area contributed by atoms with Gasteiger partial charge in [0.05, 0.1) is 0 Å². The molecule has 2 rings (SSSR count). The molecule has 0 N–H and O–H groups in total. The summed E-state index contributed by atoms with van der Waals surface area (Å²) in [6.07, 6.45) is 0. The van der Waals surface area contributed by atoms with Crippen LogP contribution < -0.4 is 4.46 Å². The normalized spacial score (nSPS) is 14.1. The van der Waals surface area contributed by atoms with E-state index in [1.807, 2.05) is 13.0 Å². The van der Waals surface area contributed by atoms with Gasteiger partial charge in [-0.2, -0.15) is 0 Å². The topological polar surface area (TPSA) is 26.3 Å². The molecule has 0 unspecified atom stereocenters. The van der Waals surface area contributed by atoms with Crippen LogP contribution >= 0.6 is 0 Å². The molecule has 0 saturated carbocycles. The third-order valence-corrected chi connectivity index (χ3v) is 9.42. The Hall–Kier alpha value is -1.57. The van der Waals surface area contributed by atoms with Gasteiger partial charge in [-0.1, -0.05) is 0 Å². The zero-order valence-corrected chi connectivity index (χ0v) is 26.0. The van der Waals surface area contributed by atoms with E-state index in [1.165, 1.54) is 26.7 Å². The molecule has 0 aliphatic heterocycles. The molecule has 2 aromatic rings. The van der Waals surface area contributed by atoms with Crippen LogP contribution in [0.5, 0.6) is 0 Å². The van der Waals surface area contributed by atoms with Crippen LogP contribution in [0.2, 0.25) is 5.32 Å². The standard InChI is InChI=1S/C32H48O2Se/c1-13-34-28(33)32(11,12)26(22-17-15-14-16-18-22)21-35-27-24(30(5,6)7)19-23(29(2,3)4)20-25(27)31(8,9)10/h14-20,26H,13,21H2,1-12H3/t26-/m0/s1. The van der Waals surface area contributed by atoms with E-state index in [9.17, 15) is 4.79 Å². The summed E-state index contributed by atoms with van der Waals surface area (Å²) >= 11 is 0.186. The van der Waals surface area contributed by atoms with E-state index < -0.39 is 5.41 Å². The Kier molecular flexibility index (Phi) is 9.16. The molecule has 194 valence electrons. The number of benzene rings is 2. The van der Waals surface area contributed by atoms with E-state index in [2.05, 4.69) is 113 Å².